The van der Waals surface area contributed by atoms with Gasteiger partial charge in [0, 0.05) is 18.9 Å². The van der Waals surface area contributed by atoms with Gasteiger partial charge in [0.2, 0.25) is 11.8 Å². The topological polar surface area (TPSA) is 54.9 Å². The number of hydrogen-bond donors (Lipinski definition) is 0. The highest BCUT2D eigenvalue weighted by Crippen LogP contribution is 2.38. The Balaban J connectivity index is 1.41. The smallest absolute Gasteiger partial charge is 0.236 e. The van der Waals surface area contributed by atoms with Crippen molar-refractivity contribution in [2.45, 2.75) is 24.9 Å². The summed E-state index contributed by atoms with van der Waals surface area (Å²) in [5.74, 6) is 1.46. The average Bonchev–Trinajstić information content (AvgIpc) is 2.53. The van der Waals surface area contributed by atoms with E-state index in [1.54, 1.807) is 6.20 Å². The van der Waals surface area contributed by atoms with Gasteiger partial charge in [-0.3, -0.25) is 4.79 Å². The molecule has 2 aliphatic heterocycles. The van der Waals surface area contributed by atoms with E-state index in [0.29, 0.717) is 24.9 Å². The number of rotatable bonds is 6. The molecule has 1 amide bonds. The van der Waals surface area contributed by atoms with Crippen LogP contribution in [-0.4, -0.2) is 73.2 Å². The van der Waals surface area contributed by atoms with Crippen molar-refractivity contribution in [2.24, 2.45) is 5.92 Å². The highest BCUT2D eigenvalue weighted by atomic mass is 16.5. The summed E-state index contributed by atoms with van der Waals surface area (Å²) < 4.78 is 11.7. The molecule has 0 N–H and O–H groups in total. The number of carbonyl (C=O) groups excluding carboxylic acids is 1. The molecule has 2 saturated heterocycles. The lowest BCUT2D eigenvalue weighted by molar-refractivity contribution is -0.189. The summed E-state index contributed by atoms with van der Waals surface area (Å²) in [5, 5.41) is 0. The Morgan fingerprint density at radius 1 is 1.46 bits per heavy atom. The van der Waals surface area contributed by atoms with Crippen molar-refractivity contribution >= 4 is 5.91 Å². The van der Waals surface area contributed by atoms with Crippen LogP contribution in [0.15, 0.2) is 24.4 Å². The van der Waals surface area contributed by atoms with Crippen LogP contribution in [0.2, 0.25) is 0 Å². The van der Waals surface area contributed by atoms with Crippen molar-refractivity contribution in [2.75, 3.05) is 46.9 Å². The van der Waals surface area contributed by atoms with Gasteiger partial charge in [0.05, 0.1) is 26.2 Å². The molecule has 24 heavy (non-hydrogen) atoms. The van der Waals surface area contributed by atoms with E-state index in [-0.39, 0.29) is 11.5 Å². The molecule has 1 unspecified atom stereocenters. The largest absolute Gasteiger partial charge is 0.478 e. The summed E-state index contributed by atoms with van der Waals surface area (Å²) in [6.45, 7) is 3.40. The second-order valence-corrected chi connectivity index (χ2v) is 7.18. The first-order valence-corrected chi connectivity index (χ1v) is 8.67. The van der Waals surface area contributed by atoms with Crippen LogP contribution in [0.5, 0.6) is 5.88 Å². The Labute approximate surface area is 143 Å². The quantitative estimate of drug-likeness (QED) is 0.788. The molecule has 1 spiro atoms. The van der Waals surface area contributed by atoms with Crippen molar-refractivity contribution in [3.63, 3.8) is 0 Å². The number of amides is 1. The van der Waals surface area contributed by atoms with Crippen LogP contribution in [0.1, 0.15) is 19.3 Å². The maximum absolute atomic E-state index is 12.1. The van der Waals surface area contributed by atoms with Crippen LogP contribution in [0.25, 0.3) is 0 Å². The van der Waals surface area contributed by atoms with Gasteiger partial charge in [0.15, 0.2) is 0 Å². The normalized spacial score (nSPS) is 22.5. The molecule has 0 aliphatic carbocycles. The molecule has 2 fully saturated rings. The predicted molar refractivity (Wildman–Crippen MR) is 90.9 cm³/mol. The standard InChI is InChI=1S/C18H27N3O3/c1-20(2)12-17(22)21-13-18(14-21)11-15(7-10-24-18)6-9-23-16-5-3-4-8-19-16/h3-5,8,15H,6-7,9-14H2,1-2H3. The van der Waals surface area contributed by atoms with Gasteiger partial charge in [-0.05, 0) is 45.3 Å². The fraction of sp³-hybridized carbons (Fsp3) is 0.667. The third-order valence-corrected chi connectivity index (χ3v) is 4.77. The Morgan fingerprint density at radius 2 is 2.29 bits per heavy atom. The third-order valence-electron chi connectivity index (χ3n) is 4.77. The van der Waals surface area contributed by atoms with Crippen molar-refractivity contribution in [3.8, 4) is 5.88 Å². The summed E-state index contributed by atoms with van der Waals surface area (Å²) in [4.78, 5) is 20.1. The Bertz CT molecular complexity index is 544. The first-order valence-electron chi connectivity index (χ1n) is 8.67. The van der Waals surface area contributed by atoms with Gasteiger partial charge in [-0.2, -0.15) is 0 Å². The molecule has 0 aromatic carbocycles. The third kappa shape index (κ3) is 4.24. The number of ether oxygens (including phenoxy) is 2. The zero-order chi connectivity index (χ0) is 17.0. The molecule has 1 aromatic rings. The first kappa shape index (κ1) is 17.2. The molecular weight excluding hydrogens is 306 g/mol. The Kier molecular flexibility index (Phi) is 5.36. The number of aromatic nitrogens is 1. The SMILES string of the molecule is CN(C)CC(=O)N1CC2(CC(CCOc3ccccn3)CCO2)C1. The maximum atomic E-state index is 12.1. The van der Waals surface area contributed by atoms with E-state index in [2.05, 4.69) is 4.98 Å². The zero-order valence-corrected chi connectivity index (χ0v) is 14.6. The lowest BCUT2D eigenvalue weighted by Gasteiger charge is -2.53. The Hall–Kier alpha value is -1.66. The monoisotopic (exact) mass is 333 g/mol. The van der Waals surface area contributed by atoms with E-state index in [4.69, 9.17) is 9.47 Å². The Morgan fingerprint density at radius 3 is 3.00 bits per heavy atom. The van der Waals surface area contributed by atoms with Crippen molar-refractivity contribution in [1.82, 2.24) is 14.8 Å². The van der Waals surface area contributed by atoms with E-state index in [1.807, 2.05) is 42.1 Å². The number of likely N-dealkylation sites (N-methyl/N-ethyl adjacent to an activating group) is 1. The lowest BCUT2D eigenvalue weighted by Crippen LogP contribution is -2.67. The van der Waals surface area contributed by atoms with E-state index in [1.165, 1.54) is 0 Å². The lowest BCUT2D eigenvalue weighted by atomic mass is 9.79. The molecule has 0 saturated carbocycles. The number of likely N-dealkylation sites (tertiary alicyclic amines) is 1. The van der Waals surface area contributed by atoms with E-state index in [9.17, 15) is 4.79 Å². The fourth-order valence-electron chi connectivity index (χ4n) is 3.55. The van der Waals surface area contributed by atoms with Crippen LogP contribution in [0, 0.1) is 5.92 Å². The van der Waals surface area contributed by atoms with E-state index in [0.717, 1.165) is 39.0 Å². The highest BCUT2D eigenvalue weighted by Gasteiger charge is 2.48. The minimum absolute atomic E-state index is 0.115. The van der Waals surface area contributed by atoms with Crippen LogP contribution in [0.3, 0.4) is 0 Å². The van der Waals surface area contributed by atoms with Gasteiger partial charge in [-0.25, -0.2) is 4.98 Å². The minimum Gasteiger partial charge on any atom is -0.478 e. The molecular formula is C18H27N3O3. The van der Waals surface area contributed by atoms with Crippen molar-refractivity contribution in [1.29, 1.82) is 0 Å². The van der Waals surface area contributed by atoms with Gasteiger partial charge < -0.3 is 19.3 Å². The summed E-state index contributed by atoms with van der Waals surface area (Å²) in [7, 11) is 3.84. The molecule has 6 heteroatoms. The molecule has 132 valence electrons. The molecule has 3 rings (SSSR count). The van der Waals surface area contributed by atoms with Gasteiger partial charge in [-0.1, -0.05) is 6.07 Å². The van der Waals surface area contributed by atoms with Crippen LogP contribution < -0.4 is 4.74 Å². The summed E-state index contributed by atoms with van der Waals surface area (Å²) in [6.07, 6.45) is 4.84. The second kappa shape index (κ2) is 7.49. The van der Waals surface area contributed by atoms with Gasteiger partial charge in [-0.15, -0.1) is 0 Å². The molecule has 3 heterocycles. The highest BCUT2D eigenvalue weighted by molar-refractivity contribution is 5.79. The molecule has 0 bridgehead atoms. The fourth-order valence-corrected chi connectivity index (χ4v) is 3.55. The molecule has 2 aliphatic rings. The van der Waals surface area contributed by atoms with Crippen LogP contribution >= 0.6 is 0 Å². The summed E-state index contributed by atoms with van der Waals surface area (Å²) in [6, 6.07) is 5.69. The molecule has 1 atom stereocenters. The minimum atomic E-state index is -0.115. The van der Waals surface area contributed by atoms with Gasteiger partial charge >= 0.3 is 0 Å². The number of pyridine rings is 1. The van der Waals surface area contributed by atoms with Gasteiger partial charge in [0.25, 0.3) is 0 Å². The molecule has 1 aromatic heterocycles. The number of nitrogens with zero attached hydrogens (tertiary/aromatic N) is 3. The summed E-state index contributed by atoms with van der Waals surface area (Å²) >= 11 is 0. The van der Waals surface area contributed by atoms with Crippen molar-refractivity contribution < 1.29 is 14.3 Å². The average molecular weight is 333 g/mol. The first-order chi connectivity index (χ1) is 11.6. The van der Waals surface area contributed by atoms with Crippen LogP contribution in [0.4, 0.5) is 0 Å². The van der Waals surface area contributed by atoms with E-state index < -0.39 is 0 Å². The predicted octanol–water partition coefficient (Wildman–Crippen LogP) is 1.42. The zero-order valence-electron chi connectivity index (χ0n) is 14.6. The number of carbonyl (C=O) groups is 1. The molecule has 0 radical (unpaired) electrons. The molecule has 6 nitrogen and oxygen atoms in total. The van der Waals surface area contributed by atoms with Gasteiger partial charge in [0.1, 0.15) is 5.60 Å². The van der Waals surface area contributed by atoms with Crippen LogP contribution in [-0.2, 0) is 9.53 Å². The summed E-state index contributed by atoms with van der Waals surface area (Å²) in [5.41, 5.74) is -0.115. The second-order valence-electron chi connectivity index (χ2n) is 7.18. The maximum Gasteiger partial charge on any atom is 0.236 e. The number of hydrogen-bond acceptors (Lipinski definition) is 5. The van der Waals surface area contributed by atoms with Crippen molar-refractivity contribution in [3.05, 3.63) is 24.4 Å². The van der Waals surface area contributed by atoms with E-state index >= 15 is 0 Å².